The monoisotopic (exact) mass is 536 g/mol. The Kier molecular flexibility index (Phi) is 8.09. The van der Waals surface area contributed by atoms with Gasteiger partial charge in [-0.25, -0.2) is 16.8 Å². The van der Waals surface area contributed by atoms with Crippen LogP contribution in [0.2, 0.25) is 5.02 Å². The normalized spacial score (nSPS) is 12.6. The Bertz CT molecular complexity index is 1410. The summed E-state index contributed by atoms with van der Waals surface area (Å²) in [6.07, 6.45) is 1.11. The van der Waals surface area contributed by atoms with Gasteiger partial charge in [0.2, 0.25) is 5.91 Å². The van der Waals surface area contributed by atoms with E-state index in [-0.39, 0.29) is 26.3 Å². The third kappa shape index (κ3) is 6.33. The molecule has 0 unspecified atom stereocenters. The van der Waals surface area contributed by atoms with Gasteiger partial charge in [0.25, 0.3) is 10.0 Å². The molecule has 1 amide bonds. The minimum Gasteiger partial charge on any atom is -0.495 e. The highest BCUT2D eigenvalue weighted by Crippen LogP contribution is 2.34. The number of amides is 1. The fourth-order valence-corrected chi connectivity index (χ4v) is 5.62. The third-order valence-corrected chi connectivity index (χ3v) is 8.35. The molecule has 0 fully saturated rings. The zero-order chi connectivity index (χ0) is 25.8. The number of carbonyl (C=O) groups excluding carboxylic acids is 1. The molecule has 0 aliphatic carbocycles. The second-order valence-electron chi connectivity index (χ2n) is 7.77. The van der Waals surface area contributed by atoms with Crippen molar-refractivity contribution in [2.75, 3.05) is 24.2 Å². The van der Waals surface area contributed by atoms with Gasteiger partial charge in [-0.3, -0.25) is 9.10 Å². The molecule has 3 rings (SSSR count). The summed E-state index contributed by atoms with van der Waals surface area (Å²) in [5.41, 5.74) is 0.771. The number of hydrogen-bond donors (Lipinski definition) is 1. The number of methoxy groups -OCH3 is 1. The number of nitrogens with zero attached hydrogens (tertiary/aromatic N) is 1. The molecule has 0 radical (unpaired) electrons. The molecule has 0 saturated carbocycles. The van der Waals surface area contributed by atoms with Crippen LogP contribution in [0.15, 0.2) is 82.6 Å². The minimum atomic E-state index is -4.15. The first kappa shape index (κ1) is 26.5. The quantitative estimate of drug-likeness (QED) is 0.445. The molecule has 3 aromatic carbocycles. The van der Waals surface area contributed by atoms with Crippen LogP contribution in [0.1, 0.15) is 18.5 Å². The Hall–Kier alpha value is -3.08. The molecule has 11 heteroatoms. The maximum atomic E-state index is 13.5. The number of rotatable bonds is 9. The van der Waals surface area contributed by atoms with Crippen LogP contribution in [0.3, 0.4) is 0 Å². The first-order valence-corrected chi connectivity index (χ1v) is 14.1. The Labute approximate surface area is 210 Å². The van der Waals surface area contributed by atoms with Gasteiger partial charge in [0.15, 0.2) is 9.84 Å². The number of halogens is 1. The molecule has 0 aliphatic heterocycles. The van der Waals surface area contributed by atoms with E-state index in [4.69, 9.17) is 16.3 Å². The Morgan fingerprint density at radius 1 is 0.971 bits per heavy atom. The molecule has 3 aromatic rings. The lowest BCUT2D eigenvalue weighted by Crippen LogP contribution is -2.41. The van der Waals surface area contributed by atoms with E-state index in [1.807, 2.05) is 0 Å². The lowest BCUT2D eigenvalue weighted by Gasteiger charge is -2.26. The van der Waals surface area contributed by atoms with Crippen molar-refractivity contribution in [2.24, 2.45) is 0 Å². The maximum Gasteiger partial charge on any atom is 0.264 e. The van der Waals surface area contributed by atoms with E-state index in [1.54, 1.807) is 43.3 Å². The maximum absolute atomic E-state index is 13.5. The number of ether oxygens (including phenoxy) is 1. The second kappa shape index (κ2) is 10.7. The van der Waals surface area contributed by atoms with Crippen LogP contribution in [-0.2, 0) is 24.7 Å². The summed E-state index contributed by atoms with van der Waals surface area (Å²) in [6.45, 7) is 1.17. The van der Waals surface area contributed by atoms with Crippen molar-refractivity contribution >= 4 is 43.1 Å². The van der Waals surface area contributed by atoms with Crippen LogP contribution in [-0.4, -0.2) is 42.7 Å². The van der Waals surface area contributed by atoms with Crippen LogP contribution in [0.25, 0.3) is 0 Å². The molecule has 35 heavy (non-hydrogen) atoms. The summed E-state index contributed by atoms with van der Waals surface area (Å²) in [5, 5.41) is 3.03. The number of carbonyl (C=O) groups is 1. The van der Waals surface area contributed by atoms with Crippen molar-refractivity contribution < 1.29 is 26.4 Å². The highest BCUT2D eigenvalue weighted by molar-refractivity contribution is 7.93. The average Bonchev–Trinajstić information content (AvgIpc) is 2.82. The lowest BCUT2D eigenvalue weighted by molar-refractivity contribution is -0.120. The SMILES string of the molecule is COc1ccc(Cl)cc1N(CC(=O)N[C@H](C)c1ccc(S(C)(=O)=O)cc1)S(=O)(=O)c1ccccc1. The molecule has 0 saturated heterocycles. The van der Waals surface area contributed by atoms with E-state index < -0.39 is 38.4 Å². The fraction of sp³-hybridized carbons (Fsp3) is 0.208. The smallest absolute Gasteiger partial charge is 0.264 e. The van der Waals surface area contributed by atoms with E-state index in [9.17, 15) is 21.6 Å². The Morgan fingerprint density at radius 3 is 2.17 bits per heavy atom. The minimum absolute atomic E-state index is 0.000703. The number of sulfone groups is 1. The number of nitrogens with one attached hydrogen (secondary N) is 1. The zero-order valence-corrected chi connectivity index (χ0v) is 21.7. The van der Waals surface area contributed by atoms with Crippen LogP contribution in [0.4, 0.5) is 5.69 Å². The van der Waals surface area contributed by atoms with E-state index in [0.717, 1.165) is 10.6 Å². The molecule has 186 valence electrons. The van der Waals surface area contributed by atoms with Gasteiger partial charge < -0.3 is 10.1 Å². The van der Waals surface area contributed by atoms with Gasteiger partial charge >= 0.3 is 0 Å². The third-order valence-electron chi connectivity index (χ3n) is 5.21. The van der Waals surface area contributed by atoms with Gasteiger partial charge in [0.1, 0.15) is 12.3 Å². The van der Waals surface area contributed by atoms with Crippen molar-refractivity contribution in [3.63, 3.8) is 0 Å². The fourth-order valence-electron chi connectivity index (χ4n) is 3.38. The van der Waals surface area contributed by atoms with Crippen molar-refractivity contribution in [2.45, 2.75) is 22.8 Å². The standard InChI is InChI=1S/C24H25ClN2O6S2/c1-17(18-9-12-20(13-10-18)34(3,29)30)26-24(28)16-27(22-15-19(25)11-14-23(22)33-2)35(31,32)21-7-5-4-6-8-21/h4-15,17H,16H2,1-3H3,(H,26,28)/t17-/m1/s1. The number of anilines is 1. The van der Waals surface area contributed by atoms with Crippen LogP contribution < -0.4 is 14.4 Å². The summed E-state index contributed by atoms with van der Waals surface area (Å²) in [7, 11) is -6.11. The first-order valence-electron chi connectivity index (χ1n) is 10.4. The number of hydrogen-bond acceptors (Lipinski definition) is 6. The molecule has 0 aromatic heterocycles. The van der Waals surface area contributed by atoms with Crippen LogP contribution >= 0.6 is 11.6 Å². The van der Waals surface area contributed by atoms with Crippen molar-refractivity contribution in [1.82, 2.24) is 5.32 Å². The summed E-state index contributed by atoms with van der Waals surface area (Å²) in [6, 6.07) is 17.8. The summed E-state index contributed by atoms with van der Waals surface area (Å²) in [5.74, 6) is -0.350. The predicted molar refractivity (Wildman–Crippen MR) is 135 cm³/mol. The molecular formula is C24H25ClN2O6S2. The van der Waals surface area contributed by atoms with Gasteiger partial charge in [-0.15, -0.1) is 0 Å². The molecule has 0 spiro atoms. The van der Waals surface area contributed by atoms with Crippen LogP contribution in [0.5, 0.6) is 5.75 Å². The summed E-state index contributed by atoms with van der Waals surface area (Å²) in [4.78, 5) is 13.2. The topological polar surface area (TPSA) is 110 Å². The lowest BCUT2D eigenvalue weighted by atomic mass is 10.1. The largest absolute Gasteiger partial charge is 0.495 e. The van der Waals surface area contributed by atoms with Crippen molar-refractivity contribution in [1.29, 1.82) is 0 Å². The Balaban J connectivity index is 1.92. The van der Waals surface area contributed by atoms with Gasteiger partial charge in [-0.1, -0.05) is 41.9 Å². The Morgan fingerprint density at radius 2 is 1.60 bits per heavy atom. The average molecular weight is 537 g/mol. The van der Waals surface area contributed by atoms with Gasteiger partial charge in [-0.05, 0) is 55.0 Å². The van der Waals surface area contributed by atoms with Gasteiger partial charge in [0.05, 0.1) is 28.6 Å². The highest BCUT2D eigenvalue weighted by Gasteiger charge is 2.30. The van der Waals surface area contributed by atoms with Crippen molar-refractivity contribution in [3.05, 3.63) is 83.4 Å². The van der Waals surface area contributed by atoms with E-state index in [1.165, 1.54) is 43.5 Å². The van der Waals surface area contributed by atoms with Gasteiger partial charge in [-0.2, -0.15) is 0 Å². The molecule has 1 N–H and O–H groups in total. The highest BCUT2D eigenvalue weighted by atomic mass is 35.5. The van der Waals surface area contributed by atoms with Crippen LogP contribution in [0, 0.1) is 0 Å². The summed E-state index contributed by atoms with van der Waals surface area (Å²) < 4.78 is 56.7. The number of benzene rings is 3. The van der Waals surface area contributed by atoms with E-state index >= 15 is 0 Å². The predicted octanol–water partition coefficient (Wildman–Crippen LogP) is 3.82. The van der Waals surface area contributed by atoms with Crippen molar-refractivity contribution in [3.8, 4) is 5.75 Å². The molecule has 0 aliphatic rings. The van der Waals surface area contributed by atoms with Gasteiger partial charge in [0, 0.05) is 11.3 Å². The molecule has 1 atom stereocenters. The molecule has 8 nitrogen and oxygen atoms in total. The molecule has 0 heterocycles. The number of sulfonamides is 1. The van der Waals surface area contributed by atoms with E-state index in [2.05, 4.69) is 5.32 Å². The molecular weight excluding hydrogens is 512 g/mol. The van der Waals surface area contributed by atoms with E-state index in [0.29, 0.717) is 5.56 Å². The summed E-state index contributed by atoms with van der Waals surface area (Å²) >= 11 is 6.14. The zero-order valence-electron chi connectivity index (χ0n) is 19.3. The first-order chi connectivity index (χ1) is 16.4. The second-order valence-corrected chi connectivity index (χ2v) is 12.1. The molecule has 0 bridgehead atoms.